The number of aliphatic carboxylic acids is 1. The van der Waals surface area contributed by atoms with Gasteiger partial charge in [-0.15, -0.1) is 0 Å². The second-order valence-corrected chi connectivity index (χ2v) is 5.55. The molecule has 0 saturated heterocycles. The minimum absolute atomic E-state index is 0.265. The van der Waals surface area contributed by atoms with Crippen molar-refractivity contribution in [1.82, 2.24) is 5.32 Å². The van der Waals surface area contributed by atoms with Crippen molar-refractivity contribution in [2.75, 3.05) is 5.73 Å². The first-order valence-electron chi connectivity index (χ1n) is 6.07. The van der Waals surface area contributed by atoms with Gasteiger partial charge in [0, 0.05) is 21.8 Å². The fourth-order valence-corrected chi connectivity index (χ4v) is 2.73. The van der Waals surface area contributed by atoms with E-state index in [1.54, 1.807) is 18.2 Å². The Morgan fingerprint density at radius 3 is 2.74 bits per heavy atom. The van der Waals surface area contributed by atoms with Crippen LogP contribution in [-0.2, 0) is 4.79 Å². The number of nitrogen functional groups attached to an aromatic ring is 1. The van der Waals surface area contributed by atoms with Crippen LogP contribution in [0.3, 0.4) is 0 Å². The second kappa shape index (κ2) is 5.61. The molecule has 6 heteroatoms. The maximum atomic E-state index is 12.1. The lowest BCUT2D eigenvalue weighted by Gasteiger charge is -2.17. The molecule has 0 aromatic heterocycles. The largest absolute Gasteiger partial charge is 0.481 e. The summed E-state index contributed by atoms with van der Waals surface area (Å²) in [7, 11) is 0. The predicted octanol–water partition coefficient (Wildman–Crippen LogP) is 2.01. The van der Waals surface area contributed by atoms with Crippen LogP contribution in [0.1, 0.15) is 29.6 Å². The number of hydrogen-bond donors (Lipinski definition) is 3. The average molecular weight is 327 g/mol. The summed E-state index contributed by atoms with van der Waals surface area (Å²) >= 11 is 3.26. The predicted molar refractivity (Wildman–Crippen MR) is 74.8 cm³/mol. The van der Waals surface area contributed by atoms with Gasteiger partial charge in [-0.05, 0) is 47.0 Å². The van der Waals surface area contributed by atoms with Crippen molar-refractivity contribution in [3.63, 3.8) is 0 Å². The highest BCUT2D eigenvalue weighted by Crippen LogP contribution is 2.26. The molecule has 4 N–H and O–H groups in total. The molecule has 2 atom stereocenters. The molecule has 1 aliphatic carbocycles. The number of nitrogens with two attached hydrogens (primary N) is 1. The van der Waals surface area contributed by atoms with Gasteiger partial charge in [-0.25, -0.2) is 0 Å². The van der Waals surface area contributed by atoms with Crippen LogP contribution < -0.4 is 11.1 Å². The van der Waals surface area contributed by atoms with Gasteiger partial charge in [-0.3, -0.25) is 9.59 Å². The van der Waals surface area contributed by atoms with Crippen molar-refractivity contribution in [3.05, 3.63) is 28.2 Å². The van der Waals surface area contributed by atoms with E-state index in [1.807, 2.05) is 0 Å². The molecule has 2 rings (SSSR count). The Kier molecular flexibility index (Phi) is 4.09. The summed E-state index contributed by atoms with van der Waals surface area (Å²) < 4.78 is 0.654. The highest BCUT2D eigenvalue weighted by atomic mass is 79.9. The summed E-state index contributed by atoms with van der Waals surface area (Å²) in [5, 5.41) is 11.9. The molecule has 2 unspecified atom stereocenters. The van der Waals surface area contributed by atoms with Crippen molar-refractivity contribution >= 4 is 33.5 Å². The number of halogens is 1. The maximum absolute atomic E-state index is 12.1. The summed E-state index contributed by atoms with van der Waals surface area (Å²) in [4.78, 5) is 23.1. The van der Waals surface area contributed by atoms with Crippen LogP contribution in [0.2, 0.25) is 0 Å². The van der Waals surface area contributed by atoms with Crippen LogP contribution in [0.15, 0.2) is 22.7 Å². The van der Waals surface area contributed by atoms with Crippen LogP contribution in [0.25, 0.3) is 0 Å². The monoisotopic (exact) mass is 326 g/mol. The third-order valence-electron chi connectivity index (χ3n) is 3.41. The van der Waals surface area contributed by atoms with Gasteiger partial charge in [0.25, 0.3) is 5.91 Å². The Morgan fingerprint density at radius 2 is 2.11 bits per heavy atom. The number of anilines is 1. The molecule has 0 heterocycles. The molecule has 1 aliphatic rings. The van der Waals surface area contributed by atoms with E-state index < -0.39 is 11.9 Å². The third-order valence-corrected chi connectivity index (χ3v) is 4.10. The molecule has 1 saturated carbocycles. The number of rotatable bonds is 3. The maximum Gasteiger partial charge on any atom is 0.308 e. The zero-order valence-electron chi connectivity index (χ0n) is 10.2. The number of benzene rings is 1. The molecule has 102 valence electrons. The van der Waals surface area contributed by atoms with Gasteiger partial charge in [-0.1, -0.05) is 6.42 Å². The fourth-order valence-electron chi connectivity index (χ4n) is 2.35. The third kappa shape index (κ3) is 3.07. The second-order valence-electron chi connectivity index (χ2n) is 4.69. The van der Waals surface area contributed by atoms with Crippen molar-refractivity contribution in [3.8, 4) is 0 Å². The van der Waals surface area contributed by atoms with Gasteiger partial charge in [0.1, 0.15) is 0 Å². The highest BCUT2D eigenvalue weighted by molar-refractivity contribution is 9.10. The van der Waals surface area contributed by atoms with Crippen molar-refractivity contribution in [2.24, 2.45) is 5.92 Å². The van der Waals surface area contributed by atoms with E-state index in [9.17, 15) is 9.59 Å². The van der Waals surface area contributed by atoms with Gasteiger partial charge < -0.3 is 16.2 Å². The molecule has 0 aliphatic heterocycles. The summed E-state index contributed by atoms with van der Waals surface area (Å²) in [6, 6.07) is 4.61. The molecule has 1 fully saturated rings. The minimum Gasteiger partial charge on any atom is -0.481 e. The Balaban J connectivity index is 2.08. The zero-order chi connectivity index (χ0) is 14.0. The Morgan fingerprint density at radius 1 is 1.37 bits per heavy atom. The van der Waals surface area contributed by atoms with Crippen LogP contribution in [0.4, 0.5) is 5.69 Å². The van der Waals surface area contributed by atoms with Gasteiger partial charge in [0.05, 0.1) is 5.92 Å². The summed E-state index contributed by atoms with van der Waals surface area (Å²) in [6.07, 6.45) is 2.15. The van der Waals surface area contributed by atoms with Crippen LogP contribution in [-0.4, -0.2) is 23.0 Å². The average Bonchev–Trinajstić information content (AvgIpc) is 2.80. The van der Waals surface area contributed by atoms with E-state index in [1.165, 1.54) is 0 Å². The highest BCUT2D eigenvalue weighted by Gasteiger charge is 2.33. The summed E-state index contributed by atoms with van der Waals surface area (Å²) in [5.74, 6) is -1.60. The minimum atomic E-state index is -0.846. The van der Waals surface area contributed by atoms with Crippen LogP contribution in [0, 0.1) is 5.92 Å². The van der Waals surface area contributed by atoms with E-state index in [4.69, 9.17) is 10.8 Å². The Bertz CT molecular complexity index is 519. The first-order valence-corrected chi connectivity index (χ1v) is 6.87. The molecule has 0 bridgehead atoms. The molecular weight excluding hydrogens is 312 g/mol. The van der Waals surface area contributed by atoms with Gasteiger partial charge in [0.2, 0.25) is 0 Å². The number of carbonyl (C=O) groups excluding carboxylic acids is 1. The van der Waals surface area contributed by atoms with E-state index in [-0.39, 0.29) is 11.9 Å². The van der Waals surface area contributed by atoms with Crippen molar-refractivity contribution in [1.29, 1.82) is 0 Å². The van der Waals surface area contributed by atoms with Crippen molar-refractivity contribution < 1.29 is 14.7 Å². The lowest BCUT2D eigenvalue weighted by Crippen LogP contribution is -2.40. The van der Waals surface area contributed by atoms with E-state index in [0.29, 0.717) is 28.6 Å². The zero-order valence-corrected chi connectivity index (χ0v) is 11.8. The molecule has 1 amide bonds. The Labute approximate surface area is 119 Å². The molecule has 1 aromatic carbocycles. The summed E-state index contributed by atoms with van der Waals surface area (Å²) in [5.41, 5.74) is 6.68. The first-order chi connectivity index (χ1) is 8.99. The molecule has 1 aromatic rings. The number of carboxylic acids is 1. The number of nitrogens with one attached hydrogen (secondary N) is 1. The topological polar surface area (TPSA) is 92.4 Å². The van der Waals surface area contributed by atoms with Crippen LogP contribution >= 0.6 is 15.9 Å². The summed E-state index contributed by atoms with van der Waals surface area (Å²) in [6.45, 7) is 0. The Hall–Kier alpha value is -1.56. The first kappa shape index (κ1) is 13.9. The van der Waals surface area contributed by atoms with Crippen LogP contribution in [0.5, 0.6) is 0 Å². The standard InChI is InChI=1S/C13H15BrN2O3/c14-9-6-7(4-5-10(9)15)12(17)16-11-3-1-2-8(11)13(18)19/h4-6,8,11H,1-3,15H2,(H,16,17)(H,18,19). The smallest absolute Gasteiger partial charge is 0.308 e. The SMILES string of the molecule is Nc1ccc(C(=O)NC2CCCC2C(=O)O)cc1Br. The fraction of sp³-hybridized carbons (Fsp3) is 0.385. The van der Waals surface area contributed by atoms with E-state index in [0.717, 1.165) is 6.42 Å². The van der Waals surface area contributed by atoms with E-state index >= 15 is 0 Å². The van der Waals surface area contributed by atoms with Crippen molar-refractivity contribution in [2.45, 2.75) is 25.3 Å². The lowest BCUT2D eigenvalue weighted by atomic mass is 10.0. The van der Waals surface area contributed by atoms with Gasteiger partial charge >= 0.3 is 5.97 Å². The number of carbonyl (C=O) groups is 2. The molecule has 0 radical (unpaired) electrons. The quantitative estimate of drug-likeness (QED) is 0.741. The van der Waals surface area contributed by atoms with Gasteiger partial charge in [0.15, 0.2) is 0 Å². The number of amides is 1. The molecular formula is C13H15BrN2O3. The normalized spacial score (nSPS) is 22.2. The number of carboxylic acid groups (broad SMARTS) is 1. The molecule has 0 spiro atoms. The number of hydrogen-bond acceptors (Lipinski definition) is 3. The molecule has 19 heavy (non-hydrogen) atoms. The van der Waals surface area contributed by atoms with Gasteiger partial charge in [-0.2, -0.15) is 0 Å². The van der Waals surface area contributed by atoms with E-state index in [2.05, 4.69) is 21.2 Å². The molecule has 5 nitrogen and oxygen atoms in total. The lowest BCUT2D eigenvalue weighted by molar-refractivity contribution is -0.142.